The normalized spacial score (nSPS) is 18.7. The Morgan fingerprint density at radius 2 is 1.83 bits per heavy atom. The van der Waals surface area contributed by atoms with Crippen molar-refractivity contribution in [2.24, 2.45) is 5.41 Å². The molecule has 3 aromatic rings. The van der Waals surface area contributed by atoms with Crippen molar-refractivity contribution in [1.82, 2.24) is 19.7 Å². The maximum Gasteiger partial charge on any atom is 0.249 e. The van der Waals surface area contributed by atoms with Crippen LogP contribution in [0, 0.1) is 22.9 Å². The van der Waals surface area contributed by atoms with Crippen LogP contribution in [0.15, 0.2) is 30.7 Å². The molecule has 1 atom stereocenters. The first-order chi connectivity index (χ1) is 16.6. The van der Waals surface area contributed by atoms with Crippen LogP contribution < -0.4 is 9.80 Å². The lowest BCUT2D eigenvalue weighted by Gasteiger charge is -2.37. The Morgan fingerprint density at radius 1 is 1.09 bits per heavy atom. The largest absolute Gasteiger partial charge is 0.342 e. The summed E-state index contributed by atoms with van der Waals surface area (Å²) in [5.41, 5.74) is 1.98. The van der Waals surface area contributed by atoms with Crippen molar-refractivity contribution in [1.29, 1.82) is 0 Å². The molecule has 35 heavy (non-hydrogen) atoms. The van der Waals surface area contributed by atoms with Crippen molar-refractivity contribution in [3.05, 3.63) is 65.1 Å². The molecule has 2 aliphatic rings. The molecule has 10 heteroatoms. The Bertz CT molecular complexity index is 1270. The van der Waals surface area contributed by atoms with Crippen LogP contribution in [0.3, 0.4) is 0 Å². The van der Waals surface area contributed by atoms with E-state index in [1.807, 2.05) is 6.92 Å². The van der Waals surface area contributed by atoms with Crippen LogP contribution in [0.4, 0.5) is 24.7 Å². The number of halogens is 3. The minimum atomic E-state index is -1.48. The molecule has 0 spiro atoms. The molecule has 2 aromatic heterocycles. The van der Waals surface area contributed by atoms with Gasteiger partial charge in [-0.1, -0.05) is 13.8 Å². The number of benzene rings is 1. The summed E-state index contributed by atoms with van der Waals surface area (Å²) in [5.74, 6) is -2.32. The lowest BCUT2D eigenvalue weighted by molar-refractivity contribution is -0.120. The smallest absolute Gasteiger partial charge is 0.249 e. The minimum Gasteiger partial charge on any atom is -0.342 e. The predicted octanol–water partition coefficient (Wildman–Crippen LogP) is 3.90. The van der Waals surface area contributed by atoms with Gasteiger partial charge in [0.1, 0.15) is 17.6 Å². The number of aryl methyl sites for hydroxylation is 2. The van der Waals surface area contributed by atoms with Crippen LogP contribution >= 0.6 is 0 Å². The number of aromatic nitrogens is 4. The monoisotopic (exact) mass is 484 g/mol. The van der Waals surface area contributed by atoms with Crippen molar-refractivity contribution in [2.45, 2.75) is 52.6 Å². The topological polar surface area (TPSA) is 67.2 Å². The number of carbonyl (C=O) groups excluding carboxylic acids is 1. The van der Waals surface area contributed by atoms with E-state index in [1.54, 1.807) is 28.2 Å². The first-order valence-electron chi connectivity index (χ1n) is 11.7. The van der Waals surface area contributed by atoms with Crippen LogP contribution in [0.25, 0.3) is 0 Å². The highest BCUT2D eigenvalue weighted by atomic mass is 19.2. The molecular formula is C25H27F3N6O. The third-order valence-corrected chi connectivity index (χ3v) is 6.66. The summed E-state index contributed by atoms with van der Waals surface area (Å²) in [7, 11) is 0. The lowest BCUT2D eigenvalue weighted by atomic mass is 9.90. The SMILES string of the molecule is CCN1C(=O)[C@@H]2CC(C)(C)CN2c2nc(CCc3cnn(Cc4cc(F)c(F)c(F)c4)c3)ncc21. The number of rotatable bonds is 6. The number of hydrogen-bond acceptors (Lipinski definition) is 5. The lowest BCUT2D eigenvalue weighted by Crippen LogP contribution is -2.51. The summed E-state index contributed by atoms with van der Waals surface area (Å²) in [4.78, 5) is 26.3. The molecular weight excluding hydrogens is 457 g/mol. The summed E-state index contributed by atoms with van der Waals surface area (Å²) in [6.45, 7) is 7.75. The maximum absolute atomic E-state index is 13.5. The van der Waals surface area contributed by atoms with Crippen molar-refractivity contribution < 1.29 is 18.0 Å². The van der Waals surface area contributed by atoms with Crippen molar-refractivity contribution in [2.75, 3.05) is 22.9 Å². The summed E-state index contributed by atoms with van der Waals surface area (Å²) < 4.78 is 41.7. The molecule has 184 valence electrons. The standard InChI is InChI=1S/C25H27F3N6O/c1-4-33-20-11-29-21(31-23(20)34-14-25(2,3)9-19(34)24(33)35)6-5-15-10-30-32(12-15)13-16-7-17(26)22(28)18(27)8-16/h7-8,10-12,19H,4-6,9,13-14H2,1-3H3/t19-/m0/s1. The quantitative estimate of drug-likeness (QED) is 0.497. The van der Waals surface area contributed by atoms with Gasteiger partial charge in [-0.3, -0.25) is 9.48 Å². The molecule has 2 aliphatic heterocycles. The molecule has 0 saturated carbocycles. The van der Waals surface area contributed by atoms with Crippen molar-refractivity contribution >= 4 is 17.4 Å². The molecule has 1 amide bonds. The van der Waals surface area contributed by atoms with E-state index in [4.69, 9.17) is 4.98 Å². The molecule has 4 heterocycles. The fourth-order valence-corrected chi connectivity index (χ4v) is 5.03. The fraction of sp³-hybridized carbons (Fsp3) is 0.440. The van der Waals surface area contributed by atoms with Crippen LogP contribution in [0.1, 0.15) is 44.1 Å². The molecule has 5 rings (SSSR count). The maximum atomic E-state index is 13.5. The zero-order valence-electron chi connectivity index (χ0n) is 19.9. The highest BCUT2D eigenvalue weighted by molar-refractivity contribution is 6.05. The second-order valence-electron chi connectivity index (χ2n) is 10.0. The third-order valence-electron chi connectivity index (χ3n) is 6.66. The minimum absolute atomic E-state index is 0.0252. The Morgan fingerprint density at radius 3 is 2.54 bits per heavy atom. The highest BCUT2D eigenvalue weighted by Crippen LogP contribution is 2.44. The van der Waals surface area contributed by atoms with Crippen LogP contribution in [-0.2, 0) is 24.2 Å². The summed E-state index contributed by atoms with van der Waals surface area (Å²) in [5, 5.41) is 4.25. The average molecular weight is 485 g/mol. The number of hydrogen-bond donors (Lipinski definition) is 0. The summed E-state index contributed by atoms with van der Waals surface area (Å²) in [6.07, 6.45) is 7.19. The Labute approximate surface area is 201 Å². The third kappa shape index (κ3) is 4.37. The van der Waals surface area contributed by atoms with E-state index in [9.17, 15) is 18.0 Å². The van der Waals surface area contributed by atoms with Crippen molar-refractivity contribution in [3.63, 3.8) is 0 Å². The first-order valence-corrected chi connectivity index (χ1v) is 11.7. The number of carbonyl (C=O) groups is 1. The average Bonchev–Trinajstić information content (AvgIpc) is 3.39. The Balaban J connectivity index is 1.31. The van der Waals surface area contributed by atoms with Gasteiger partial charge in [-0.15, -0.1) is 0 Å². The molecule has 0 N–H and O–H groups in total. The second-order valence-corrected chi connectivity index (χ2v) is 10.0. The van der Waals surface area contributed by atoms with Gasteiger partial charge < -0.3 is 9.80 Å². The van der Waals surface area contributed by atoms with Gasteiger partial charge in [0.05, 0.1) is 18.9 Å². The molecule has 1 saturated heterocycles. The van der Waals surface area contributed by atoms with Crippen LogP contribution in [-0.4, -0.2) is 44.8 Å². The van der Waals surface area contributed by atoms with Crippen molar-refractivity contribution in [3.8, 4) is 0 Å². The first kappa shape index (κ1) is 23.3. The van der Waals surface area contributed by atoms with E-state index >= 15 is 0 Å². The molecule has 1 fully saturated rings. The molecule has 0 radical (unpaired) electrons. The molecule has 0 aliphatic carbocycles. The van der Waals surface area contributed by atoms with Gasteiger partial charge in [0.25, 0.3) is 0 Å². The van der Waals surface area contributed by atoms with Gasteiger partial charge in [0, 0.05) is 25.7 Å². The van der Waals surface area contributed by atoms with E-state index in [1.165, 1.54) is 0 Å². The number of nitrogens with zero attached hydrogens (tertiary/aromatic N) is 6. The second kappa shape index (κ2) is 8.66. The van der Waals surface area contributed by atoms with E-state index < -0.39 is 17.5 Å². The Kier molecular flexibility index (Phi) is 5.77. The van der Waals surface area contributed by atoms with Gasteiger partial charge in [-0.2, -0.15) is 5.10 Å². The van der Waals surface area contributed by atoms with Gasteiger partial charge >= 0.3 is 0 Å². The van der Waals surface area contributed by atoms with E-state index in [-0.39, 0.29) is 29.5 Å². The molecule has 1 aromatic carbocycles. The van der Waals surface area contributed by atoms with Gasteiger partial charge in [0.2, 0.25) is 5.91 Å². The van der Waals surface area contributed by atoms with Gasteiger partial charge in [0.15, 0.2) is 23.3 Å². The number of fused-ring (bicyclic) bond motifs is 3. The number of likely N-dealkylation sites (N-methyl/N-ethyl adjacent to an activating group) is 1. The van der Waals surface area contributed by atoms with Gasteiger partial charge in [-0.05, 0) is 48.4 Å². The summed E-state index contributed by atoms with van der Waals surface area (Å²) in [6, 6.07) is 1.75. The zero-order chi connectivity index (χ0) is 24.9. The number of anilines is 2. The van der Waals surface area contributed by atoms with Crippen LogP contribution in [0.5, 0.6) is 0 Å². The number of amides is 1. The Hall–Kier alpha value is -3.43. The van der Waals surface area contributed by atoms with E-state index in [2.05, 4.69) is 28.8 Å². The zero-order valence-corrected chi connectivity index (χ0v) is 19.9. The molecule has 7 nitrogen and oxygen atoms in total. The van der Waals surface area contributed by atoms with Gasteiger partial charge in [-0.25, -0.2) is 23.1 Å². The highest BCUT2D eigenvalue weighted by Gasteiger charge is 2.48. The van der Waals surface area contributed by atoms with E-state index in [0.717, 1.165) is 42.2 Å². The predicted molar refractivity (Wildman–Crippen MR) is 125 cm³/mol. The fourth-order valence-electron chi connectivity index (χ4n) is 5.03. The van der Waals surface area contributed by atoms with E-state index in [0.29, 0.717) is 25.2 Å². The van der Waals surface area contributed by atoms with Crippen LogP contribution in [0.2, 0.25) is 0 Å². The summed E-state index contributed by atoms with van der Waals surface area (Å²) >= 11 is 0. The molecule has 0 unspecified atom stereocenters. The molecule has 0 bridgehead atoms.